The van der Waals surface area contributed by atoms with Crippen molar-refractivity contribution in [3.8, 4) is 0 Å². The van der Waals surface area contributed by atoms with E-state index in [1.165, 1.54) is 0 Å². The van der Waals surface area contributed by atoms with Gasteiger partial charge in [0, 0.05) is 13.1 Å². The summed E-state index contributed by atoms with van der Waals surface area (Å²) >= 11 is 0. The summed E-state index contributed by atoms with van der Waals surface area (Å²) in [6, 6.07) is 0.148. The van der Waals surface area contributed by atoms with Gasteiger partial charge in [0.2, 0.25) is 5.91 Å². The fourth-order valence-corrected chi connectivity index (χ4v) is 1.67. The first-order valence-electron chi connectivity index (χ1n) is 4.69. The van der Waals surface area contributed by atoms with Gasteiger partial charge in [0.25, 0.3) is 0 Å². The summed E-state index contributed by atoms with van der Waals surface area (Å²) in [6.07, 6.45) is 0.997. The molecule has 12 heavy (non-hydrogen) atoms. The Morgan fingerprint density at radius 1 is 1.58 bits per heavy atom. The van der Waals surface area contributed by atoms with Crippen molar-refractivity contribution in [3.05, 3.63) is 0 Å². The van der Waals surface area contributed by atoms with E-state index in [0.717, 1.165) is 26.1 Å². The molecule has 1 unspecified atom stereocenters. The van der Waals surface area contributed by atoms with E-state index in [1.54, 1.807) is 0 Å². The van der Waals surface area contributed by atoms with Crippen LogP contribution in [0.2, 0.25) is 0 Å². The summed E-state index contributed by atoms with van der Waals surface area (Å²) < 4.78 is 0. The van der Waals surface area contributed by atoms with Crippen molar-refractivity contribution in [1.29, 1.82) is 0 Å². The zero-order chi connectivity index (χ0) is 9.14. The highest BCUT2D eigenvalue weighted by Crippen LogP contribution is 2.14. The van der Waals surface area contributed by atoms with Gasteiger partial charge in [-0.3, -0.25) is 9.69 Å². The number of hydrogen-bond donors (Lipinski definition) is 0. The van der Waals surface area contributed by atoms with E-state index < -0.39 is 0 Å². The number of carbonyl (C=O) groups is 1. The second kappa shape index (κ2) is 3.90. The van der Waals surface area contributed by atoms with Crippen molar-refractivity contribution in [2.75, 3.05) is 26.7 Å². The quantitative estimate of drug-likeness (QED) is 0.618. The predicted octanol–water partition coefficient (Wildman–Crippen LogP) is 0.559. The number of likely N-dealkylation sites (N-methyl/N-ethyl adjacent to an activating group) is 2. The highest BCUT2D eigenvalue weighted by molar-refractivity contribution is 5.83. The first-order chi connectivity index (χ1) is 5.70. The summed E-state index contributed by atoms with van der Waals surface area (Å²) in [5, 5.41) is 0. The van der Waals surface area contributed by atoms with Gasteiger partial charge >= 0.3 is 0 Å². The van der Waals surface area contributed by atoms with Gasteiger partial charge in [-0.2, -0.15) is 0 Å². The minimum absolute atomic E-state index is 0.148. The molecule has 1 aliphatic heterocycles. The molecule has 1 rings (SSSR count). The smallest absolute Gasteiger partial charge is 0.239 e. The first-order valence-corrected chi connectivity index (χ1v) is 4.69. The third kappa shape index (κ3) is 1.61. The van der Waals surface area contributed by atoms with Gasteiger partial charge in [-0.05, 0) is 26.9 Å². The van der Waals surface area contributed by atoms with Gasteiger partial charge < -0.3 is 4.90 Å². The molecule has 70 valence electrons. The molecule has 1 atom stereocenters. The summed E-state index contributed by atoms with van der Waals surface area (Å²) in [5.74, 6) is 0.307. The molecule has 1 amide bonds. The Hall–Kier alpha value is -0.570. The van der Waals surface area contributed by atoms with Crippen LogP contribution < -0.4 is 0 Å². The molecule has 3 heteroatoms. The van der Waals surface area contributed by atoms with Gasteiger partial charge in [0.1, 0.15) is 0 Å². The molecular formula is C9H18N2O. The fourth-order valence-electron chi connectivity index (χ4n) is 1.67. The Morgan fingerprint density at radius 2 is 2.25 bits per heavy atom. The lowest BCUT2D eigenvalue weighted by Gasteiger charge is -2.21. The van der Waals surface area contributed by atoms with Crippen LogP contribution in [0.4, 0.5) is 0 Å². The molecule has 0 bridgehead atoms. The Morgan fingerprint density at radius 3 is 2.67 bits per heavy atom. The minimum Gasteiger partial charge on any atom is -0.342 e. The fraction of sp³-hybridized carbons (Fsp3) is 0.889. The van der Waals surface area contributed by atoms with E-state index in [4.69, 9.17) is 0 Å². The lowest BCUT2D eigenvalue weighted by Crippen LogP contribution is -2.39. The summed E-state index contributed by atoms with van der Waals surface area (Å²) in [5.41, 5.74) is 0. The molecule has 0 radical (unpaired) electrons. The van der Waals surface area contributed by atoms with Gasteiger partial charge in [-0.1, -0.05) is 6.92 Å². The van der Waals surface area contributed by atoms with Gasteiger partial charge in [0.05, 0.1) is 6.04 Å². The van der Waals surface area contributed by atoms with Crippen molar-refractivity contribution < 1.29 is 4.79 Å². The average Bonchev–Trinajstić information content (AvgIpc) is 2.45. The molecule has 3 nitrogen and oxygen atoms in total. The van der Waals surface area contributed by atoms with Crippen LogP contribution in [0.5, 0.6) is 0 Å². The van der Waals surface area contributed by atoms with Gasteiger partial charge in [-0.15, -0.1) is 0 Å². The first kappa shape index (κ1) is 9.52. The number of rotatable bonds is 3. The molecule has 0 aromatic carbocycles. The molecule has 0 saturated carbocycles. The summed E-state index contributed by atoms with van der Waals surface area (Å²) in [4.78, 5) is 15.7. The second-order valence-electron chi connectivity index (χ2n) is 3.30. The predicted molar refractivity (Wildman–Crippen MR) is 49.0 cm³/mol. The molecule has 0 spiro atoms. The standard InChI is InChI=1S/C9H18N2O/c1-4-10(3)8-6-7-11(5-2)9(8)12/h8H,4-7H2,1-3H3. The molecule has 1 heterocycles. The molecule has 1 fully saturated rings. The van der Waals surface area contributed by atoms with Gasteiger partial charge in [0.15, 0.2) is 0 Å². The molecule has 0 aliphatic carbocycles. The van der Waals surface area contributed by atoms with Gasteiger partial charge in [-0.25, -0.2) is 0 Å². The third-order valence-corrected chi connectivity index (χ3v) is 2.68. The highest BCUT2D eigenvalue weighted by atomic mass is 16.2. The van der Waals surface area contributed by atoms with Crippen LogP contribution >= 0.6 is 0 Å². The number of nitrogens with zero attached hydrogens (tertiary/aromatic N) is 2. The van der Waals surface area contributed by atoms with Crippen LogP contribution in [0.25, 0.3) is 0 Å². The lowest BCUT2D eigenvalue weighted by atomic mass is 10.2. The Kier molecular flexibility index (Phi) is 3.09. The van der Waals surface area contributed by atoms with E-state index in [-0.39, 0.29) is 6.04 Å². The third-order valence-electron chi connectivity index (χ3n) is 2.68. The molecular weight excluding hydrogens is 152 g/mol. The molecule has 1 saturated heterocycles. The summed E-state index contributed by atoms with van der Waals surface area (Å²) in [6.45, 7) is 6.86. The molecule has 0 N–H and O–H groups in total. The molecule has 0 aromatic rings. The normalized spacial score (nSPS) is 24.2. The number of likely N-dealkylation sites (tertiary alicyclic amines) is 1. The van der Waals surface area contributed by atoms with Crippen molar-refractivity contribution in [2.45, 2.75) is 26.3 Å². The van der Waals surface area contributed by atoms with Crippen LogP contribution in [0.15, 0.2) is 0 Å². The SMILES string of the molecule is CCN1CCC(N(C)CC)C1=O. The van der Waals surface area contributed by atoms with E-state index in [2.05, 4.69) is 11.8 Å². The Balaban J connectivity index is 2.54. The van der Waals surface area contributed by atoms with E-state index in [1.807, 2.05) is 18.9 Å². The van der Waals surface area contributed by atoms with E-state index in [0.29, 0.717) is 5.91 Å². The van der Waals surface area contributed by atoms with Crippen molar-refractivity contribution in [3.63, 3.8) is 0 Å². The topological polar surface area (TPSA) is 23.6 Å². The Labute approximate surface area is 74.3 Å². The van der Waals surface area contributed by atoms with E-state index >= 15 is 0 Å². The van der Waals surface area contributed by atoms with Crippen molar-refractivity contribution >= 4 is 5.91 Å². The zero-order valence-electron chi connectivity index (χ0n) is 8.21. The lowest BCUT2D eigenvalue weighted by molar-refractivity contribution is -0.131. The number of amides is 1. The van der Waals surface area contributed by atoms with Crippen LogP contribution in [-0.4, -0.2) is 48.4 Å². The van der Waals surface area contributed by atoms with Crippen LogP contribution in [0.1, 0.15) is 20.3 Å². The van der Waals surface area contributed by atoms with Crippen LogP contribution in [0.3, 0.4) is 0 Å². The van der Waals surface area contributed by atoms with Crippen LogP contribution in [0, 0.1) is 0 Å². The van der Waals surface area contributed by atoms with Crippen molar-refractivity contribution in [2.24, 2.45) is 0 Å². The van der Waals surface area contributed by atoms with Crippen LogP contribution in [-0.2, 0) is 4.79 Å². The highest BCUT2D eigenvalue weighted by Gasteiger charge is 2.32. The number of carbonyl (C=O) groups excluding carboxylic acids is 1. The maximum absolute atomic E-state index is 11.6. The number of hydrogen-bond acceptors (Lipinski definition) is 2. The Bertz CT molecular complexity index is 170. The summed E-state index contributed by atoms with van der Waals surface area (Å²) in [7, 11) is 2.02. The maximum Gasteiger partial charge on any atom is 0.239 e. The average molecular weight is 170 g/mol. The second-order valence-corrected chi connectivity index (χ2v) is 3.30. The minimum atomic E-state index is 0.148. The zero-order valence-corrected chi connectivity index (χ0v) is 8.21. The van der Waals surface area contributed by atoms with Crippen molar-refractivity contribution in [1.82, 2.24) is 9.80 Å². The molecule has 1 aliphatic rings. The maximum atomic E-state index is 11.6. The largest absolute Gasteiger partial charge is 0.342 e. The van der Waals surface area contributed by atoms with E-state index in [9.17, 15) is 4.79 Å². The monoisotopic (exact) mass is 170 g/mol. The molecule has 0 aromatic heterocycles.